The van der Waals surface area contributed by atoms with Gasteiger partial charge >= 0.3 is 5.97 Å². The molecule has 2 rings (SSSR count). The first kappa shape index (κ1) is 16.0. The van der Waals surface area contributed by atoms with E-state index in [1.807, 2.05) is 6.08 Å². The van der Waals surface area contributed by atoms with Crippen molar-refractivity contribution in [2.45, 2.75) is 12.2 Å². The monoisotopic (exact) mass is 330 g/mol. The van der Waals surface area contributed by atoms with Crippen LogP contribution in [0.4, 0.5) is 0 Å². The van der Waals surface area contributed by atoms with Crippen molar-refractivity contribution in [1.29, 1.82) is 0 Å². The standard InChI is InChI=1S/C13H14ClNO5S/c1-19-13(16)10-3-2-8(7-21(17)18)11(12(10)14)6-9-4-5-20-15-9/h2-4,15H,5-7H2,1H3,(H,17,18)/p-1. The third-order valence-corrected chi connectivity index (χ3v) is 3.98. The molecule has 1 aliphatic rings. The number of ether oxygens (including phenoxy) is 1. The Morgan fingerprint density at radius 2 is 2.33 bits per heavy atom. The summed E-state index contributed by atoms with van der Waals surface area (Å²) >= 11 is 4.00. The number of hydroxylamine groups is 1. The zero-order valence-electron chi connectivity index (χ0n) is 11.2. The van der Waals surface area contributed by atoms with E-state index < -0.39 is 17.0 Å². The second-order valence-corrected chi connectivity index (χ2v) is 5.60. The lowest BCUT2D eigenvalue weighted by atomic mass is 10.0. The second-order valence-electron chi connectivity index (χ2n) is 4.32. The summed E-state index contributed by atoms with van der Waals surface area (Å²) in [5, 5.41) is 0.194. The van der Waals surface area contributed by atoms with Crippen LogP contribution in [0.3, 0.4) is 0 Å². The van der Waals surface area contributed by atoms with Crippen LogP contribution in [-0.2, 0) is 32.8 Å². The van der Waals surface area contributed by atoms with E-state index in [1.165, 1.54) is 13.2 Å². The summed E-state index contributed by atoms with van der Waals surface area (Å²) in [4.78, 5) is 16.7. The van der Waals surface area contributed by atoms with Crippen molar-refractivity contribution in [2.75, 3.05) is 13.7 Å². The normalized spacial score (nSPS) is 15.3. The number of carbonyl (C=O) groups is 1. The van der Waals surface area contributed by atoms with Crippen LogP contribution in [0, 0.1) is 0 Å². The first-order valence-corrected chi connectivity index (χ1v) is 7.66. The minimum absolute atomic E-state index is 0.176. The molecule has 114 valence electrons. The predicted octanol–water partition coefficient (Wildman–Crippen LogP) is 1.47. The van der Waals surface area contributed by atoms with Crippen LogP contribution in [0.5, 0.6) is 0 Å². The Bertz CT molecular complexity index is 617. The largest absolute Gasteiger partial charge is 0.772 e. The Morgan fingerprint density at radius 3 is 2.90 bits per heavy atom. The van der Waals surface area contributed by atoms with Crippen LogP contribution < -0.4 is 5.48 Å². The van der Waals surface area contributed by atoms with Crippen LogP contribution in [-0.4, -0.2) is 28.4 Å². The maximum absolute atomic E-state index is 11.7. The molecule has 1 N–H and O–H groups in total. The predicted molar refractivity (Wildman–Crippen MR) is 76.3 cm³/mol. The van der Waals surface area contributed by atoms with Gasteiger partial charge in [-0.05, 0) is 23.3 Å². The summed E-state index contributed by atoms with van der Waals surface area (Å²) in [5.41, 5.74) is 4.77. The number of rotatable bonds is 5. The first-order valence-electron chi connectivity index (χ1n) is 6.04. The van der Waals surface area contributed by atoms with Crippen LogP contribution in [0.1, 0.15) is 21.5 Å². The van der Waals surface area contributed by atoms with E-state index in [-0.39, 0.29) is 16.3 Å². The third kappa shape index (κ3) is 3.82. The lowest BCUT2D eigenvalue weighted by Gasteiger charge is -2.16. The van der Waals surface area contributed by atoms with Gasteiger partial charge in [-0.2, -0.15) is 0 Å². The van der Waals surface area contributed by atoms with Crippen molar-refractivity contribution in [1.82, 2.24) is 5.48 Å². The number of hydrogen-bond donors (Lipinski definition) is 1. The van der Waals surface area contributed by atoms with Gasteiger partial charge in [0.2, 0.25) is 0 Å². The minimum atomic E-state index is -2.25. The highest BCUT2D eigenvalue weighted by molar-refractivity contribution is 7.78. The van der Waals surface area contributed by atoms with Crippen molar-refractivity contribution in [3.63, 3.8) is 0 Å². The van der Waals surface area contributed by atoms with Crippen LogP contribution >= 0.6 is 11.6 Å². The maximum atomic E-state index is 11.7. The van der Waals surface area contributed by atoms with Gasteiger partial charge in [0.1, 0.15) is 0 Å². The molecule has 0 amide bonds. The van der Waals surface area contributed by atoms with E-state index in [2.05, 4.69) is 10.2 Å². The molecule has 21 heavy (non-hydrogen) atoms. The number of halogens is 1. The molecule has 0 radical (unpaired) electrons. The number of allylic oxidation sites excluding steroid dienone is 1. The summed E-state index contributed by atoms with van der Waals surface area (Å²) in [5.74, 6) is -0.745. The van der Waals surface area contributed by atoms with Crippen LogP contribution in [0.15, 0.2) is 23.9 Å². The van der Waals surface area contributed by atoms with E-state index >= 15 is 0 Å². The van der Waals surface area contributed by atoms with Gasteiger partial charge in [0.25, 0.3) is 0 Å². The highest BCUT2D eigenvalue weighted by Crippen LogP contribution is 2.28. The third-order valence-electron chi connectivity index (χ3n) is 3.00. The molecule has 1 aromatic carbocycles. The van der Waals surface area contributed by atoms with Gasteiger partial charge in [0.05, 0.1) is 24.3 Å². The fourth-order valence-corrected chi connectivity index (χ4v) is 2.85. The molecule has 0 saturated heterocycles. The number of benzene rings is 1. The molecule has 0 aromatic heterocycles. The number of hydrogen-bond acceptors (Lipinski definition) is 6. The molecule has 0 bridgehead atoms. The highest BCUT2D eigenvalue weighted by atomic mass is 35.5. The lowest BCUT2D eigenvalue weighted by molar-refractivity contribution is 0.0601. The molecular weight excluding hydrogens is 318 g/mol. The molecule has 8 heteroatoms. The quantitative estimate of drug-likeness (QED) is 0.649. The number of carbonyl (C=O) groups excluding carboxylic acids is 1. The fourth-order valence-electron chi connectivity index (χ4n) is 2.00. The first-order chi connectivity index (χ1) is 10.0. The van der Waals surface area contributed by atoms with E-state index in [1.54, 1.807) is 6.07 Å². The van der Waals surface area contributed by atoms with Crippen LogP contribution in [0.2, 0.25) is 5.02 Å². The fraction of sp³-hybridized carbons (Fsp3) is 0.308. The summed E-state index contributed by atoms with van der Waals surface area (Å²) in [6, 6.07) is 3.03. The van der Waals surface area contributed by atoms with Crippen LogP contribution in [0.25, 0.3) is 0 Å². The molecule has 6 nitrogen and oxygen atoms in total. The lowest BCUT2D eigenvalue weighted by Crippen LogP contribution is -2.12. The molecule has 1 aromatic rings. The van der Waals surface area contributed by atoms with Gasteiger partial charge in [-0.3, -0.25) is 14.5 Å². The maximum Gasteiger partial charge on any atom is 0.339 e. The van der Waals surface area contributed by atoms with E-state index in [4.69, 9.17) is 16.4 Å². The van der Waals surface area contributed by atoms with Crippen molar-refractivity contribution >= 4 is 28.7 Å². The summed E-state index contributed by atoms with van der Waals surface area (Å²) < 4.78 is 26.6. The summed E-state index contributed by atoms with van der Waals surface area (Å²) in [7, 11) is 1.26. The van der Waals surface area contributed by atoms with Crippen molar-refractivity contribution in [3.8, 4) is 0 Å². The van der Waals surface area contributed by atoms with Crippen molar-refractivity contribution in [3.05, 3.63) is 45.6 Å². The molecule has 1 atom stereocenters. The summed E-state index contributed by atoms with van der Waals surface area (Å²) in [6.07, 6.45) is 2.16. The van der Waals surface area contributed by atoms with Gasteiger partial charge in [-0.1, -0.05) is 28.7 Å². The van der Waals surface area contributed by atoms with E-state index in [0.717, 1.165) is 5.70 Å². The SMILES string of the molecule is COC(=O)c1ccc(CS(=O)[O-])c(CC2=CCON2)c1Cl. The van der Waals surface area contributed by atoms with E-state index in [0.29, 0.717) is 24.2 Å². The zero-order valence-corrected chi connectivity index (χ0v) is 12.8. The molecule has 0 aliphatic carbocycles. The Balaban J connectivity index is 2.43. The zero-order chi connectivity index (χ0) is 15.4. The van der Waals surface area contributed by atoms with Gasteiger partial charge < -0.3 is 9.29 Å². The number of nitrogens with one attached hydrogen (secondary N) is 1. The minimum Gasteiger partial charge on any atom is -0.772 e. The molecule has 0 spiro atoms. The molecule has 1 heterocycles. The van der Waals surface area contributed by atoms with Gasteiger partial charge in [0.15, 0.2) is 0 Å². The molecule has 0 fully saturated rings. The second kappa shape index (κ2) is 7.04. The Labute approximate surface area is 129 Å². The molecule has 1 unspecified atom stereocenters. The Morgan fingerprint density at radius 1 is 1.57 bits per heavy atom. The number of esters is 1. The summed E-state index contributed by atoms with van der Waals surface area (Å²) in [6.45, 7) is 0.423. The van der Waals surface area contributed by atoms with Crippen molar-refractivity contribution < 1.29 is 23.1 Å². The Hall–Kier alpha value is -1.41. The molecular formula is C13H13ClNO5S-. The topological polar surface area (TPSA) is 87.7 Å². The van der Waals surface area contributed by atoms with Gasteiger partial charge in [-0.25, -0.2) is 4.79 Å². The average molecular weight is 331 g/mol. The van der Waals surface area contributed by atoms with E-state index in [9.17, 15) is 13.6 Å². The van der Waals surface area contributed by atoms with Gasteiger partial charge in [-0.15, -0.1) is 0 Å². The highest BCUT2D eigenvalue weighted by Gasteiger charge is 2.19. The van der Waals surface area contributed by atoms with Gasteiger partial charge in [0, 0.05) is 17.9 Å². The smallest absolute Gasteiger partial charge is 0.339 e. The average Bonchev–Trinajstić information content (AvgIpc) is 2.94. The molecule has 0 saturated carbocycles. The molecule has 1 aliphatic heterocycles. The number of methoxy groups -OCH3 is 1. The Kier molecular flexibility index (Phi) is 5.35. The van der Waals surface area contributed by atoms with Crippen molar-refractivity contribution in [2.24, 2.45) is 0 Å².